The third-order valence-electron chi connectivity index (χ3n) is 2.02. The zero-order valence-electron chi connectivity index (χ0n) is 5.95. The smallest absolute Gasteiger partial charge is 0.126 e. The average molecular weight is 134 g/mol. The second-order valence-electron chi connectivity index (χ2n) is 2.76. The minimum atomic E-state index is 0.282. The maximum Gasteiger partial charge on any atom is 0.126 e. The molecule has 1 aliphatic carbocycles. The second kappa shape index (κ2) is 2.01. The van der Waals surface area contributed by atoms with Crippen molar-refractivity contribution >= 4 is 0 Å². The van der Waals surface area contributed by atoms with Gasteiger partial charge < -0.3 is 4.74 Å². The summed E-state index contributed by atoms with van der Waals surface area (Å²) >= 11 is 0. The van der Waals surface area contributed by atoms with Gasteiger partial charge in [0.15, 0.2) is 0 Å². The zero-order chi connectivity index (χ0) is 6.97. The van der Waals surface area contributed by atoms with Crippen LogP contribution in [0.1, 0.15) is 6.92 Å². The second-order valence-corrected chi connectivity index (χ2v) is 2.76. The van der Waals surface area contributed by atoms with Crippen LogP contribution >= 0.6 is 0 Å². The fraction of sp³-hybridized carbons (Fsp3) is 0.333. The van der Waals surface area contributed by atoms with Gasteiger partial charge in [0.05, 0.1) is 6.26 Å². The summed E-state index contributed by atoms with van der Waals surface area (Å²) in [7, 11) is 0. The predicted molar refractivity (Wildman–Crippen MR) is 40.4 cm³/mol. The largest absolute Gasteiger partial charge is 0.493 e. The van der Waals surface area contributed by atoms with Crippen LogP contribution in [0.25, 0.3) is 0 Å². The van der Waals surface area contributed by atoms with Gasteiger partial charge in [-0.1, -0.05) is 18.2 Å². The Morgan fingerprint density at radius 2 is 2.10 bits per heavy atom. The zero-order valence-corrected chi connectivity index (χ0v) is 5.95. The Hall–Kier alpha value is -0.980. The van der Waals surface area contributed by atoms with Gasteiger partial charge in [-0.3, -0.25) is 0 Å². The molecule has 0 N–H and O–H groups in total. The lowest BCUT2D eigenvalue weighted by Crippen LogP contribution is -2.14. The fourth-order valence-electron chi connectivity index (χ4n) is 1.39. The quantitative estimate of drug-likeness (QED) is 0.492. The standard InChI is InChI=1S/C9H10O/c1-7-6-10-9-5-3-2-4-8(7)9/h2-6,8-9H,1H3. The summed E-state index contributed by atoms with van der Waals surface area (Å²) in [5, 5.41) is 0. The highest BCUT2D eigenvalue weighted by molar-refractivity contribution is 5.26. The summed E-state index contributed by atoms with van der Waals surface area (Å²) < 4.78 is 5.37. The van der Waals surface area contributed by atoms with Gasteiger partial charge in [-0.25, -0.2) is 0 Å². The molecular formula is C9H10O. The molecule has 0 aromatic rings. The highest BCUT2D eigenvalue weighted by atomic mass is 16.5. The topological polar surface area (TPSA) is 9.23 Å². The first kappa shape index (κ1) is 5.78. The lowest BCUT2D eigenvalue weighted by Gasteiger charge is -2.15. The molecular weight excluding hydrogens is 124 g/mol. The molecule has 2 unspecified atom stereocenters. The van der Waals surface area contributed by atoms with Gasteiger partial charge in [0, 0.05) is 5.92 Å². The minimum absolute atomic E-state index is 0.282. The van der Waals surface area contributed by atoms with E-state index in [1.165, 1.54) is 5.57 Å². The molecule has 0 radical (unpaired) electrons. The molecule has 0 fully saturated rings. The van der Waals surface area contributed by atoms with E-state index in [1.807, 2.05) is 12.3 Å². The van der Waals surface area contributed by atoms with Crippen LogP contribution in [0, 0.1) is 5.92 Å². The Bertz CT molecular complexity index is 223. The number of fused-ring (bicyclic) bond motifs is 1. The summed E-state index contributed by atoms with van der Waals surface area (Å²) in [6, 6.07) is 0. The van der Waals surface area contributed by atoms with Crippen molar-refractivity contribution in [1.29, 1.82) is 0 Å². The van der Waals surface area contributed by atoms with Gasteiger partial charge in [-0.15, -0.1) is 0 Å². The lowest BCUT2D eigenvalue weighted by molar-refractivity contribution is 0.192. The van der Waals surface area contributed by atoms with Crippen LogP contribution in [0.5, 0.6) is 0 Å². The maximum atomic E-state index is 5.37. The molecule has 2 rings (SSSR count). The Labute approximate surface area is 60.7 Å². The first-order valence-electron chi connectivity index (χ1n) is 3.55. The third kappa shape index (κ3) is 0.703. The van der Waals surface area contributed by atoms with Crippen molar-refractivity contribution in [1.82, 2.24) is 0 Å². The summed E-state index contributed by atoms with van der Waals surface area (Å²) in [4.78, 5) is 0. The van der Waals surface area contributed by atoms with E-state index in [-0.39, 0.29) is 6.10 Å². The van der Waals surface area contributed by atoms with Crippen molar-refractivity contribution in [2.24, 2.45) is 5.92 Å². The molecule has 1 heterocycles. The van der Waals surface area contributed by atoms with Crippen LogP contribution in [-0.4, -0.2) is 6.10 Å². The number of hydrogen-bond donors (Lipinski definition) is 0. The molecule has 1 heteroatoms. The number of rotatable bonds is 0. The molecule has 52 valence electrons. The Morgan fingerprint density at radius 1 is 1.30 bits per heavy atom. The van der Waals surface area contributed by atoms with E-state index in [0.717, 1.165) is 0 Å². The van der Waals surface area contributed by atoms with Crippen LogP contribution < -0.4 is 0 Å². The monoisotopic (exact) mass is 134 g/mol. The van der Waals surface area contributed by atoms with Crippen LogP contribution in [0.3, 0.4) is 0 Å². The van der Waals surface area contributed by atoms with E-state index >= 15 is 0 Å². The molecule has 0 bridgehead atoms. The molecule has 0 amide bonds. The molecule has 1 nitrogen and oxygen atoms in total. The number of hydrogen-bond acceptors (Lipinski definition) is 1. The fourth-order valence-corrected chi connectivity index (χ4v) is 1.39. The van der Waals surface area contributed by atoms with Crippen molar-refractivity contribution in [2.75, 3.05) is 0 Å². The van der Waals surface area contributed by atoms with Crippen molar-refractivity contribution in [3.8, 4) is 0 Å². The Balaban J connectivity index is 2.27. The van der Waals surface area contributed by atoms with Gasteiger partial charge in [0.1, 0.15) is 6.10 Å². The summed E-state index contributed by atoms with van der Waals surface area (Å²) in [5.74, 6) is 0.505. The highest BCUT2D eigenvalue weighted by Crippen LogP contribution is 2.29. The normalized spacial score (nSPS) is 35.1. The Kier molecular flexibility index (Phi) is 1.16. The molecule has 0 aromatic heterocycles. The summed E-state index contributed by atoms with van der Waals surface area (Å²) in [6.07, 6.45) is 10.5. The van der Waals surface area contributed by atoms with E-state index in [1.54, 1.807) is 0 Å². The molecule has 0 saturated carbocycles. The van der Waals surface area contributed by atoms with Crippen molar-refractivity contribution in [2.45, 2.75) is 13.0 Å². The van der Waals surface area contributed by atoms with Gasteiger partial charge in [-0.2, -0.15) is 0 Å². The van der Waals surface area contributed by atoms with Crippen LogP contribution in [0.4, 0.5) is 0 Å². The highest BCUT2D eigenvalue weighted by Gasteiger charge is 2.25. The Morgan fingerprint density at radius 3 is 2.90 bits per heavy atom. The van der Waals surface area contributed by atoms with Gasteiger partial charge in [0.25, 0.3) is 0 Å². The van der Waals surface area contributed by atoms with E-state index in [2.05, 4.69) is 25.2 Å². The first-order valence-corrected chi connectivity index (χ1v) is 3.55. The maximum absolute atomic E-state index is 5.37. The van der Waals surface area contributed by atoms with Crippen LogP contribution in [0.15, 0.2) is 36.1 Å². The van der Waals surface area contributed by atoms with Gasteiger partial charge in [-0.05, 0) is 18.6 Å². The minimum Gasteiger partial charge on any atom is -0.493 e. The van der Waals surface area contributed by atoms with Gasteiger partial charge in [0.2, 0.25) is 0 Å². The van der Waals surface area contributed by atoms with Gasteiger partial charge >= 0.3 is 0 Å². The third-order valence-corrected chi connectivity index (χ3v) is 2.02. The van der Waals surface area contributed by atoms with E-state index in [0.29, 0.717) is 5.92 Å². The molecule has 0 saturated heterocycles. The molecule has 1 aliphatic heterocycles. The predicted octanol–water partition coefficient (Wildman–Crippen LogP) is 2.03. The number of ether oxygens (including phenoxy) is 1. The lowest BCUT2D eigenvalue weighted by atomic mass is 9.93. The summed E-state index contributed by atoms with van der Waals surface area (Å²) in [6.45, 7) is 2.11. The van der Waals surface area contributed by atoms with Crippen molar-refractivity contribution in [3.63, 3.8) is 0 Å². The summed E-state index contributed by atoms with van der Waals surface area (Å²) in [5.41, 5.74) is 1.32. The molecule has 10 heavy (non-hydrogen) atoms. The van der Waals surface area contributed by atoms with Crippen LogP contribution in [0.2, 0.25) is 0 Å². The van der Waals surface area contributed by atoms with E-state index in [9.17, 15) is 0 Å². The average Bonchev–Trinajstić information content (AvgIpc) is 2.34. The molecule has 2 atom stereocenters. The van der Waals surface area contributed by atoms with Crippen molar-refractivity contribution in [3.05, 3.63) is 36.1 Å². The van der Waals surface area contributed by atoms with E-state index < -0.39 is 0 Å². The van der Waals surface area contributed by atoms with Crippen molar-refractivity contribution < 1.29 is 4.74 Å². The first-order chi connectivity index (χ1) is 4.88. The SMILES string of the molecule is CC1=COC2C=CC=CC12. The molecule has 0 spiro atoms. The molecule has 2 aliphatic rings. The molecule has 0 aromatic carbocycles. The number of allylic oxidation sites excluding steroid dienone is 2. The van der Waals surface area contributed by atoms with E-state index in [4.69, 9.17) is 4.74 Å². The van der Waals surface area contributed by atoms with Crippen LogP contribution in [-0.2, 0) is 4.74 Å².